The largest absolute Gasteiger partial charge is 0.382 e. The molecule has 8 N–H and O–H groups in total. The Kier molecular flexibility index (Phi) is 28.6. The molecular weight excluding hydrogens is 1650 g/mol. The molecule has 6 aliphatic heterocycles. The van der Waals surface area contributed by atoms with E-state index < -0.39 is 46.0 Å². The molecule has 6 aliphatic rings. The number of carbonyl (C=O) groups excluding carboxylic acids is 3. The number of piperazine rings is 3. The monoisotopic (exact) mass is 1760 g/mol. The molecule has 15 rings (SSSR count). The van der Waals surface area contributed by atoms with Gasteiger partial charge in [-0.15, -0.1) is 0 Å². The molecule has 3 amide bonds. The number of nitrogens with two attached hydrogens (primary N) is 2. The van der Waals surface area contributed by atoms with Crippen LogP contribution in [-0.4, -0.2) is 197 Å². The van der Waals surface area contributed by atoms with Crippen LogP contribution in [0.15, 0.2) is 185 Å². The van der Waals surface area contributed by atoms with Crippen molar-refractivity contribution in [1.29, 1.82) is 25.8 Å². The first-order valence-corrected chi connectivity index (χ1v) is 47.6. The zero-order valence-electron chi connectivity index (χ0n) is 71.9. The zero-order valence-corrected chi connectivity index (χ0v) is 74.3. The van der Waals surface area contributed by atoms with Crippen molar-refractivity contribution < 1.29 is 40.0 Å². The SMILES string of the molecule is C=S(N)(=O)c1ccccc1N1CCN(C(=O)c2cc(NC3CCN(c4ccccc4C#N)CC3)c(C#N)cc2C)CC1.Cc1cc(C)c(C(=O)N2CCN(c3cccc(F)c3[S@@](C)(=N)=O)CC2)cc1NC1CCN(c2ccccc2C#N)CC1.Cc1ccc(NC2CCN(c3ccccc3C#N)CC2)c(C)c1C(=O)N1CCN(c2cccc(F)c2S(N)(=O)=O)CC1. The summed E-state index contributed by atoms with van der Waals surface area (Å²) in [6, 6.07) is 60.3. The lowest BCUT2D eigenvalue weighted by Gasteiger charge is -2.37. The molecule has 0 aliphatic carbocycles. The summed E-state index contributed by atoms with van der Waals surface area (Å²) in [5.41, 5.74) is 15.9. The topological polar surface area (TPSA) is 356 Å². The van der Waals surface area contributed by atoms with E-state index in [0.717, 1.165) is 146 Å². The third kappa shape index (κ3) is 20.9. The number of anilines is 9. The van der Waals surface area contributed by atoms with E-state index >= 15 is 0 Å². The van der Waals surface area contributed by atoms with Crippen molar-refractivity contribution in [1.82, 2.24) is 14.7 Å². The molecule has 656 valence electrons. The summed E-state index contributed by atoms with van der Waals surface area (Å²) in [4.78, 5) is 58.9. The van der Waals surface area contributed by atoms with Gasteiger partial charge in [0.05, 0.1) is 86.4 Å². The number of aryl methyl sites for hydroxylation is 4. The van der Waals surface area contributed by atoms with Gasteiger partial charge in [-0.3, -0.25) is 19.5 Å². The quantitative estimate of drug-likeness (QED) is 0.0435. The van der Waals surface area contributed by atoms with Crippen molar-refractivity contribution in [3.05, 3.63) is 248 Å². The van der Waals surface area contributed by atoms with Gasteiger partial charge in [-0.1, -0.05) is 72.8 Å². The first-order valence-electron chi connectivity index (χ1n) is 42.3. The highest BCUT2D eigenvalue weighted by atomic mass is 32.2. The Morgan fingerprint density at radius 1 is 0.389 bits per heavy atom. The Morgan fingerprint density at radius 3 is 1.14 bits per heavy atom. The van der Waals surface area contributed by atoms with E-state index in [-0.39, 0.29) is 46.4 Å². The Labute approximate surface area is 738 Å². The number of amides is 3. The number of para-hydroxylation sites is 4. The highest BCUT2D eigenvalue weighted by Gasteiger charge is 2.35. The lowest BCUT2D eigenvalue weighted by molar-refractivity contribution is 0.0737. The van der Waals surface area contributed by atoms with Gasteiger partial charge in [0.15, 0.2) is 0 Å². The summed E-state index contributed by atoms with van der Waals surface area (Å²) in [5.74, 6) is 1.93. The Bertz CT molecular complexity index is 6040. The van der Waals surface area contributed by atoms with Crippen LogP contribution in [0.4, 0.5) is 60.0 Å². The lowest BCUT2D eigenvalue weighted by atomic mass is 9.97. The molecule has 26 nitrogen and oxygen atoms in total. The lowest BCUT2D eigenvalue weighted by Crippen LogP contribution is -2.49. The number of nitriles is 4. The van der Waals surface area contributed by atoms with E-state index in [1.165, 1.54) is 24.5 Å². The van der Waals surface area contributed by atoms with Gasteiger partial charge in [0.2, 0.25) is 10.0 Å². The van der Waals surface area contributed by atoms with Gasteiger partial charge in [-0.05, 0) is 204 Å². The molecule has 31 heteroatoms. The number of primary sulfonamides is 1. The van der Waals surface area contributed by atoms with Crippen LogP contribution in [0.25, 0.3) is 0 Å². The van der Waals surface area contributed by atoms with Gasteiger partial charge in [0, 0.05) is 170 Å². The number of halogens is 2. The normalized spacial score (nSPS) is 17.0. The summed E-state index contributed by atoms with van der Waals surface area (Å²) >= 11 is 0. The Hall–Kier alpha value is -12.8. The molecular formula is C95H107F2N19O7S3. The van der Waals surface area contributed by atoms with Gasteiger partial charge in [0.25, 0.3) is 17.7 Å². The maximum atomic E-state index is 14.5. The fourth-order valence-corrected chi connectivity index (χ4v) is 20.6. The second-order valence-electron chi connectivity index (χ2n) is 32.9. The smallest absolute Gasteiger partial charge is 0.254 e. The number of nitrogens with one attached hydrogen (secondary N) is 4. The minimum Gasteiger partial charge on any atom is -0.382 e. The number of benzene rings is 9. The minimum absolute atomic E-state index is 0.0441. The number of hydrogen-bond acceptors (Lipinski definition) is 21. The van der Waals surface area contributed by atoms with Crippen molar-refractivity contribution in [3.63, 3.8) is 0 Å². The molecule has 0 spiro atoms. The molecule has 9 aromatic rings. The van der Waals surface area contributed by atoms with E-state index in [2.05, 4.69) is 78.7 Å². The van der Waals surface area contributed by atoms with Crippen molar-refractivity contribution in [2.24, 2.45) is 10.3 Å². The van der Waals surface area contributed by atoms with Gasteiger partial charge in [-0.2, -0.15) is 21.0 Å². The molecule has 6 saturated heterocycles. The molecule has 6 heterocycles. The van der Waals surface area contributed by atoms with Crippen LogP contribution in [0, 0.1) is 96.4 Å². The van der Waals surface area contributed by atoms with E-state index in [1.54, 1.807) is 40.1 Å². The van der Waals surface area contributed by atoms with Crippen molar-refractivity contribution >= 4 is 104 Å². The number of piperidine rings is 3. The zero-order chi connectivity index (χ0) is 89.9. The van der Waals surface area contributed by atoms with E-state index in [4.69, 9.17) is 15.1 Å². The predicted octanol–water partition coefficient (Wildman–Crippen LogP) is 13.1. The number of sulfonamides is 1. The van der Waals surface area contributed by atoms with Gasteiger partial charge in [-0.25, -0.2) is 35.5 Å². The molecule has 1 unspecified atom stereocenters. The summed E-state index contributed by atoms with van der Waals surface area (Å²) in [6.07, 6.45) is 6.56. The van der Waals surface area contributed by atoms with E-state index in [0.29, 0.717) is 134 Å². The fraction of sp³-hybridized carbons (Fsp3) is 0.347. The molecule has 0 bridgehead atoms. The highest BCUT2D eigenvalue weighted by Crippen LogP contribution is 2.37. The maximum absolute atomic E-state index is 14.5. The first kappa shape index (κ1) is 91.0. The Balaban J connectivity index is 0.000000162. The molecule has 6 fully saturated rings. The number of rotatable bonds is 18. The number of nitrogens with zero attached hydrogens (tertiary/aromatic N) is 13. The van der Waals surface area contributed by atoms with E-state index in [9.17, 15) is 61.0 Å². The van der Waals surface area contributed by atoms with Crippen LogP contribution in [0.1, 0.15) is 120 Å². The molecule has 0 aromatic heterocycles. The average molecular weight is 1760 g/mol. The van der Waals surface area contributed by atoms with Crippen LogP contribution in [0.2, 0.25) is 0 Å². The molecule has 9 aromatic carbocycles. The van der Waals surface area contributed by atoms with Gasteiger partial charge in [0.1, 0.15) is 45.7 Å². The third-order valence-electron chi connectivity index (χ3n) is 24.6. The number of hydrogen-bond donors (Lipinski definition) is 6. The van der Waals surface area contributed by atoms with Crippen molar-refractivity contribution in [2.45, 2.75) is 106 Å². The highest BCUT2D eigenvalue weighted by molar-refractivity contribution is 7.98. The van der Waals surface area contributed by atoms with E-state index in [1.807, 2.05) is 152 Å². The molecule has 0 radical (unpaired) electrons. The maximum Gasteiger partial charge on any atom is 0.254 e. The van der Waals surface area contributed by atoms with Crippen LogP contribution in [0.5, 0.6) is 0 Å². The van der Waals surface area contributed by atoms with Crippen molar-refractivity contribution in [2.75, 3.05) is 169 Å². The fourth-order valence-electron chi connectivity index (χ4n) is 17.8. The second-order valence-corrected chi connectivity index (χ2v) is 38.4. The summed E-state index contributed by atoms with van der Waals surface area (Å²) in [6.45, 7) is 20.1. The summed E-state index contributed by atoms with van der Waals surface area (Å²) < 4.78 is 86.0. The average Bonchev–Trinajstić information content (AvgIpc) is 0.785. The molecule has 0 saturated carbocycles. The Morgan fingerprint density at radius 2 is 0.730 bits per heavy atom. The molecule has 126 heavy (non-hydrogen) atoms. The van der Waals surface area contributed by atoms with Gasteiger partial charge < -0.3 is 60.0 Å². The standard InChI is InChI=1S/C32H37FN6O2S.C32H35N7O2S.C31H35FN6O3S/c1-22-19-23(2)28(36-25-11-13-37(14-12-25)29-9-5-4-7-24(29)21-34)20-26(22)32(40)39-17-15-38(16-18-39)30-10-6-8-27(33)31(30)42(3,35)41;1-23-19-25(22-34)28(36-26-11-13-37(14-12-26)29-8-4-3-7-24(29)21-33)20-27(23)32(40)39-17-15-38(16-18-39)30-9-5-6-10-31(30)42(2,35)41;1-21-10-11-26(35-24-12-14-36(15-13-24)27-8-4-3-6-23(27)20-33)22(2)29(21)31(39)38-18-16-37(17-19-38)28-9-5-7-25(32)30(28)42(34,40)41/h4-10,19-20,25,35-36H,11-18H2,1-3H3;3-10,19-20,26,36H,2,11-18H2,1H3,(H2,35,41);3-11,24,35H,12-19H2,1-2H3,(H2,34,40,41)/t42-;;/m0../s1. The van der Waals surface area contributed by atoms with Crippen LogP contribution in [-0.2, 0) is 29.5 Å². The van der Waals surface area contributed by atoms with Crippen LogP contribution in [0.3, 0.4) is 0 Å². The number of carbonyl (C=O) groups is 3. The third-order valence-corrected chi connectivity index (χ3v) is 27.8. The van der Waals surface area contributed by atoms with Crippen LogP contribution >= 0.6 is 0 Å². The molecule has 2 atom stereocenters. The minimum atomic E-state index is -4.25. The van der Waals surface area contributed by atoms with Gasteiger partial charge >= 0.3 is 0 Å². The first-order chi connectivity index (χ1) is 60.3. The summed E-state index contributed by atoms with van der Waals surface area (Å²) in [7, 11) is -10.4. The second kappa shape index (κ2) is 39.6. The van der Waals surface area contributed by atoms with Crippen molar-refractivity contribution in [3.8, 4) is 24.3 Å². The predicted molar refractivity (Wildman–Crippen MR) is 496 cm³/mol. The van der Waals surface area contributed by atoms with Crippen LogP contribution < -0.4 is 55.6 Å². The summed E-state index contributed by atoms with van der Waals surface area (Å²) in [5, 5.41) is 60.3.